The van der Waals surface area contributed by atoms with Gasteiger partial charge in [0.15, 0.2) is 0 Å². The van der Waals surface area contributed by atoms with Crippen molar-refractivity contribution in [1.82, 2.24) is 0 Å². The van der Waals surface area contributed by atoms with Crippen LogP contribution in [0.5, 0.6) is 5.75 Å². The number of nitrogens with zero attached hydrogens (tertiary/aromatic N) is 1. The highest BCUT2D eigenvalue weighted by Gasteiger charge is 2.04. The number of hydrogen-bond acceptors (Lipinski definition) is 4. The SMILES string of the molecule is N#Cc1cccc(COc2ccccc2S(=O)[O-])c1. The van der Waals surface area contributed by atoms with Crippen LogP contribution in [0.15, 0.2) is 53.4 Å². The summed E-state index contributed by atoms with van der Waals surface area (Å²) in [6.07, 6.45) is 0. The Hall–Kier alpha value is -2.16. The van der Waals surface area contributed by atoms with Crippen LogP contribution in [0.4, 0.5) is 0 Å². The highest BCUT2D eigenvalue weighted by atomic mass is 32.2. The van der Waals surface area contributed by atoms with Crippen molar-refractivity contribution in [2.24, 2.45) is 0 Å². The third kappa shape index (κ3) is 3.41. The second-order valence-electron chi connectivity index (χ2n) is 3.78. The summed E-state index contributed by atoms with van der Waals surface area (Å²) < 4.78 is 27.5. The van der Waals surface area contributed by atoms with E-state index in [1.807, 2.05) is 12.1 Å². The molecule has 0 saturated carbocycles. The molecule has 0 aromatic heterocycles. The Bertz CT molecular complexity index is 649. The van der Waals surface area contributed by atoms with Gasteiger partial charge in [0.05, 0.1) is 16.5 Å². The second-order valence-corrected chi connectivity index (χ2v) is 4.69. The van der Waals surface area contributed by atoms with Crippen molar-refractivity contribution in [1.29, 1.82) is 5.26 Å². The van der Waals surface area contributed by atoms with Crippen molar-refractivity contribution in [2.45, 2.75) is 11.5 Å². The van der Waals surface area contributed by atoms with Crippen LogP contribution in [-0.2, 0) is 17.7 Å². The molecule has 0 fully saturated rings. The minimum absolute atomic E-state index is 0.124. The van der Waals surface area contributed by atoms with E-state index in [9.17, 15) is 8.76 Å². The van der Waals surface area contributed by atoms with Crippen LogP contribution in [0.25, 0.3) is 0 Å². The highest BCUT2D eigenvalue weighted by molar-refractivity contribution is 7.79. The summed E-state index contributed by atoms with van der Waals surface area (Å²) >= 11 is -2.33. The summed E-state index contributed by atoms with van der Waals surface area (Å²) in [4.78, 5) is 0.124. The van der Waals surface area contributed by atoms with E-state index < -0.39 is 11.1 Å². The lowest BCUT2D eigenvalue weighted by atomic mass is 10.1. The first-order chi connectivity index (χ1) is 9.20. The molecule has 0 amide bonds. The fraction of sp³-hybridized carbons (Fsp3) is 0.0714. The van der Waals surface area contributed by atoms with Crippen LogP contribution in [0.2, 0.25) is 0 Å². The molecule has 0 spiro atoms. The van der Waals surface area contributed by atoms with Crippen LogP contribution >= 0.6 is 0 Å². The van der Waals surface area contributed by atoms with Gasteiger partial charge < -0.3 is 9.29 Å². The maximum atomic E-state index is 11.0. The summed E-state index contributed by atoms with van der Waals surface area (Å²) in [6.45, 7) is 0.212. The quantitative estimate of drug-likeness (QED) is 0.801. The van der Waals surface area contributed by atoms with Gasteiger partial charge in [0, 0.05) is 0 Å². The molecule has 1 unspecified atom stereocenters. The smallest absolute Gasteiger partial charge is 0.134 e. The number of nitriles is 1. The molecule has 2 rings (SSSR count). The summed E-state index contributed by atoms with van der Waals surface area (Å²) in [6, 6.07) is 15.4. The molecule has 0 aliphatic heterocycles. The molecule has 0 bridgehead atoms. The van der Waals surface area contributed by atoms with Gasteiger partial charge in [0.2, 0.25) is 0 Å². The van der Waals surface area contributed by atoms with Crippen LogP contribution in [0.1, 0.15) is 11.1 Å². The Labute approximate surface area is 113 Å². The molecule has 2 aromatic rings. The maximum Gasteiger partial charge on any atom is 0.134 e. The predicted molar refractivity (Wildman–Crippen MR) is 69.1 cm³/mol. The predicted octanol–water partition coefficient (Wildman–Crippen LogP) is 2.38. The Kier molecular flexibility index (Phi) is 4.29. The molecule has 0 aliphatic rings. The van der Waals surface area contributed by atoms with Gasteiger partial charge >= 0.3 is 0 Å². The molecule has 0 radical (unpaired) electrons. The van der Waals surface area contributed by atoms with Crippen LogP contribution in [0, 0.1) is 11.3 Å². The third-order valence-corrected chi connectivity index (χ3v) is 3.18. The minimum atomic E-state index is -2.33. The van der Waals surface area contributed by atoms with E-state index in [1.54, 1.807) is 36.4 Å². The molecule has 4 nitrogen and oxygen atoms in total. The van der Waals surface area contributed by atoms with Crippen molar-refractivity contribution >= 4 is 11.1 Å². The standard InChI is InChI=1S/C14H11NO3S/c15-9-11-4-3-5-12(8-11)10-18-13-6-1-2-7-14(13)19(16)17/h1-8H,10H2,(H,16,17)/p-1. The zero-order valence-electron chi connectivity index (χ0n) is 9.91. The Morgan fingerprint density at radius 3 is 2.74 bits per heavy atom. The molecule has 19 heavy (non-hydrogen) atoms. The first-order valence-electron chi connectivity index (χ1n) is 5.51. The van der Waals surface area contributed by atoms with Gasteiger partial charge in [-0.25, -0.2) is 0 Å². The number of para-hydroxylation sites is 1. The number of ether oxygens (including phenoxy) is 1. The van der Waals surface area contributed by atoms with E-state index in [4.69, 9.17) is 10.00 Å². The summed E-state index contributed by atoms with van der Waals surface area (Å²) in [5, 5.41) is 8.79. The molecule has 5 heteroatoms. The highest BCUT2D eigenvalue weighted by Crippen LogP contribution is 2.22. The van der Waals surface area contributed by atoms with E-state index >= 15 is 0 Å². The first-order valence-corrected chi connectivity index (χ1v) is 6.58. The lowest BCUT2D eigenvalue weighted by Gasteiger charge is -2.13. The van der Waals surface area contributed by atoms with Crippen LogP contribution in [-0.4, -0.2) is 8.76 Å². The van der Waals surface area contributed by atoms with Gasteiger partial charge in [0.1, 0.15) is 12.4 Å². The number of hydrogen-bond donors (Lipinski definition) is 0. The van der Waals surface area contributed by atoms with Crippen molar-refractivity contribution < 1.29 is 13.5 Å². The number of benzene rings is 2. The molecular weight excluding hydrogens is 262 g/mol. The largest absolute Gasteiger partial charge is 0.768 e. The normalized spacial score (nSPS) is 11.6. The van der Waals surface area contributed by atoms with Crippen molar-refractivity contribution in [3.63, 3.8) is 0 Å². The topological polar surface area (TPSA) is 73.1 Å². The van der Waals surface area contributed by atoms with E-state index in [0.717, 1.165) is 5.56 Å². The van der Waals surface area contributed by atoms with E-state index in [2.05, 4.69) is 0 Å². The average Bonchev–Trinajstić information content (AvgIpc) is 2.45. The lowest BCUT2D eigenvalue weighted by Crippen LogP contribution is -2.00. The zero-order valence-corrected chi connectivity index (χ0v) is 10.7. The molecule has 0 heterocycles. The Balaban J connectivity index is 2.15. The average molecular weight is 272 g/mol. The summed E-state index contributed by atoms with van der Waals surface area (Å²) in [5.41, 5.74) is 1.35. The van der Waals surface area contributed by atoms with Gasteiger partial charge in [-0.05, 0) is 40.9 Å². The molecule has 1 atom stereocenters. The van der Waals surface area contributed by atoms with Gasteiger partial charge in [-0.1, -0.05) is 24.3 Å². The van der Waals surface area contributed by atoms with Crippen molar-refractivity contribution in [2.75, 3.05) is 0 Å². The van der Waals surface area contributed by atoms with Crippen LogP contribution < -0.4 is 4.74 Å². The van der Waals surface area contributed by atoms with Crippen molar-refractivity contribution in [3.8, 4) is 11.8 Å². The molecule has 96 valence electrons. The summed E-state index contributed by atoms with van der Waals surface area (Å²) in [7, 11) is 0. The Morgan fingerprint density at radius 1 is 1.21 bits per heavy atom. The maximum absolute atomic E-state index is 11.0. The fourth-order valence-corrected chi connectivity index (χ4v) is 2.08. The molecule has 0 N–H and O–H groups in total. The van der Waals surface area contributed by atoms with E-state index in [-0.39, 0.29) is 11.5 Å². The van der Waals surface area contributed by atoms with E-state index in [1.165, 1.54) is 6.07 Å². The van der Waals surface area contributed by atoms with Gasteiger partial charge in [-0.15, -0.1) is 0 Å². The molecular formula is C14H10NO3S-. The van der Waals surface area contributed by atoms with Gasteiger partial charge in [-0.3, -0.25) is 4.21 Å². The monoisotopic (exact) mass is 272 g/mol. The molecule has 2 aromatic carbocycles. The van der Waals surface area contributed by atoms with Gasteiger partial charge in [0.25, 0.3) is 0 Å². The van der Waals surface area contributed by atoms with Crippen molar-refractivity contribution in [3.05, 3.63) is 59.7 Å². The van der Waals surface area contributed by atoms with Crippen LogP contribution in [0.3, 0.4) is 0 Å². The van der Waals surface area contributed by atoms with E-state index in [0.29, 0.717) is 11.3 Å². The van der Waals surface area contributed by atoms with Gasteiger partial charge in [-0.2, -0.15) is 5.26 Å². The zero-order chi connectivity index (χ0) is 13.7. The lowest BCUT2D eigenvalue weighted by molar-refractivity contribution is 0.297. The first kappa shape index (κ1) is 13.3. The Morgan fingerprint density at radius 2 is 2.00 bits per heavy atom. The molecule has 0 aliphatic carbocycles. The summed E-state index contributed by atoms with van der Waals surface area (Å²) in [5.74, 6) is 0.304. The number of rotatable bonds is 4. The minimum Gasteiger partial charge on any atom is -0.768 e. The fourth-order valence-electron chi connectivity index (χ4n) is 1.60. The third-order valence-electron chi connectivity index (χ3n) is 2.48. The molecule has 0 saturated heterocycles. The second kappa shape index (κ2) is 6.14.